The third-order valence-corrected chi connectivity index (χ3v) is 3.72. The molecule has 0 saturated heterocycles. The number of amides is 1. The summed E-state index contributed by atoms with van der Waals surface area (Å²) in [5, 5.41) is 6.10. The van der Waals surface area contributed by atoms with Gasteiger partial charge in [0.15, 0.2) is 0 Å². The number of thiophene rings is 1. The van der Waals surface area contributed by atoms with E-state index in [4.69, 9.17) is 0 Å². The number of rotatable bonds is 6. The lowest BCUT2D eigenvalue weighted by Gasteiger charge is -2.06. The zero-order chi connectivity index (χ0) is 14.4. The van der Waals surface area contributed by atoms with E-state index in [1.807, 2.05) is 61.0 Å². The highest BCUT2D eigenvalue weighted by Gasteiger charge is 2.06. The number of carbonyl (C=O) groups is 1. The van der Waals surface area contributed by atoms with E-state index in [9.17, 15) is 4.79 Å². The molecule has 1 N–H and O–H groups in total. The summed E-state index contributed by atoms with van der Waals surface area (Å²) in [6, 6.07) is 6.03. The molecule has 0 aliphatic heterocycles. The zero-order valence-corrected chi connectivity index (χ0v) is 12.6. The van der Waals surface area contributed by atoms with Gasteiger partial charge in [-0.25, -0.2) is 0 Å². The van der Waals surface area contributed by atoms with Crippen LogP contribution in [0.25, 0.3) is 5.00 Å². The maximum atomic E-state index is 11.7. The summed E-state index contributed by atoms with van der Waals surface area (Å²) in [7, 11) is 3.94. The van der Waals surface area contributed by atoms with Crippen molar-refractivity contribution in [3.05, 3.63) is 53.7 Å². The fraction of sp³-hybridized carbons (Fsp3) is 0.267. The van der Waals surface area contributed by atoms with Gasteiger partial charge in [0.05, 0.1) is 0 Å². The van der Waals surface area contributed by atoms with Crippen LogP contribution in [0.15, 0.2) is 48.1 Å². The normalized spacial score (nSPS) is 11.3. The van der Waals surface area contributed by atoms with Gasteiger partial charge in [0.1, 0.15) is 5.00 Å². The van der Waals surface area contributed by atoms with Gasteiger partial charge >= 0.3 is 0 Å². The largest absolute Gasteiger partial charge is 0.348 e. The van der Waals surface area contributed by atoms with Crippen LogP contribution in [-0.4, -0.2) is 36.0 Å². The van der Waals surface area contributed by atoms with E-state index < -0.39 is 0 Å². The Kier molecular flexibility index (Phi) is 5.15. The van der Waals surface area contributed by atoms with Gasteiger partial charge in [-0.2, -0.15) is 0 Å². The van der Waals surface area contributed by atoms with Crippen LogP contribution in [0.3, 0.4) is 0 Å². The molecule has 0 unspecified atom stereocenters. The van der Waals surface area contributed by atoms with Gasteiger partial charge < -0.3 is 14.8 Å². The Morgan fingerprint density at radius 2 is 2.15 bits per heavy atom. The molecule has 0 atom stereocenters. The monoisotopic (exact) mass is 289 g/mol. The zero-order valence-electron chi connectivity index (χ0n) is 11.7. The van der Waals surface area contributed by atoms with Crippen molar-refractivity contribution in [2.75, 3.05) is 20.6 Å². The second-order valence-electron chi connectivity index (χ2n) is 4.72. The molecule has 5 heteroatoms. The Balaban J connectivity index is 1.90. The molecule has 20 heavy (non-hydrogen) atoms. The fourth-order valence-corrected chi connectivity index (χ4v) is 2.67. The van der Waals surface area contributed by atoms with Crippen LogP contribution >= 0.6 is 11.3 Å². The smallest absolute Gasteiger partial charge is 0.243 e. The van der Waals surface area contributed by atoms with Crippen LogP contribution in [0.2, 0.25) is 0 Å². The summed E-state index contributed by atoms with van der Waals surface area (Å²) >= 11 is 1.67. The molecule has 2 aromatic heterocycles. The van der Waals surface area contributed by atoms with Gasteiger partial charge in [0.2, 0.25) is 5.91 Å². The molecule has 2 heterocycles. The van der Waals surface area contributed by atoms with Crippen molar-refractivity contribution in [3.8, 4) is 5.00 Å². The lowest BCUT2D eigenvalue weighted by Crippen LogP contribution is -2.21. The van der Waals surface area contributed by atoms with Gasteiger partial charge in [-0.1, -0.05) is 6.08 Å². The van der Waals surface area contributed by atoms with E-state index in [0.717, 1.165) is 17.1 Å². The van der Waals surface area contributed by atoms with Crippen molar-refractivity contribution in [1.82, 2.24) is 14.8 Å². The standard InChI is InChI=1S/C15H19N3OS/c1-17(2)8-5-6-14(19)16-12-13-7-11-20-15(13)18-9-3-4-10-18/h3-7,9-11H,8,12H2,1-2H3,(H,16,19)/b6-5+. The lowest BCUT2D eigenvalue weighted by atomic mass is 10.3. The van der Waals surface area contributed by atoms with E-state index in [-0.39, 0.29) is 5.91 Å². The first-order valence-electron chi connectivity index (χ1n) is 6.45. The fourth-order valence-electron chi connectivity index (χ4n) is 1.77. The van der Waals surface area contributed by atoms with E-state index in [1.165, 1.54) is 0 Å². The van der Waals surface area contributed by atoms with Crippen molar-refractivity contribution < 1.29 is 4.79 Å². The summed E-state index contributed by atoms with van der Waals surface area (Å²) in [4.78, 5) is 13.7. The van der Waals surface area contributed by atoms with E-state index in [0.29, 0.717) is 6.54 Å². The third-order valence-electron chi connectivity index (χ3n) is 2.76. The molecular formula is C15H19N3OS. The van der Waals surface area contributed by atoms with Crippen LogP contribution in [0, 0.1) is 0 Å². The molecule has 0 aliphatic carbocycles. The molecule has 0 radical (unpaired) electrons. The molecule has 2 rings (SSSR count). The molecule has 0 fully saturated rings. The van der Waals surface area contributed by atoms with Gasteiger partial charge in [0.25, 0.3) is 0 Å². The molecular weight excluding hydrogens is 270 g/mol. The second kappa shape index (κ2) is 7.07. The minimum atomic E-state index is -0.0588. The molecule has 0 aromatic carbocycles. The molecule has 1 amide bonds. The maximum Gasteiger partial charge on any atom is 0.243 e. The molecule has 106 valence electrons. The quantitative estimate of drug-likeness (QED) is 0.828. The highest BCUT2D eigenvalue weighted by atomic mass is 32.1. The van der Waals surface area contributed by atoms with Crippen molar-refractivity contribution in [1.29, 1.82) is 0 Å². The van der Waals surface area contributed by atoms with Crippen molar-refractivity contribution in [2.24, 2.45) is 0 Å². The summed E-state index contributed by atoms with van der Waals surface area (Å²) in [6.07, 6.45) is 7.46. The molecule has 0 saturated carbocycles. The molecule has 0 spiro atoms. The number of nitrogens with one attached hydrogen (secondary N) is 1. The predicted molar refractivity (Wildman–Crippen MR) is 83.2 cm³/mol. The molecule has 0 bridgehead atoms. The first-order chi connectivity index (χ1) is 9.66. The van der Waals surface area contributed by atoms with Crippen LogP contribution in [0.1, 0.15) is 5.56 Å². The Labute approximate surface area is 123 Å². The highest BCUT2D eigenvalue weighted by molar-refractivity contribution is 7.12. The van der Waals surface area contributed by atoms with Crippen LogP contribution in [0.5, 0.6) is 0 Å². The first-order valence-corrected chi connectivity index (χ1v) is 7.33. The second-order valence-corrected chi connectivity index (χ2v) is 5.62. The van der Waals surface area contributed by atoms with Crippen LogP contribution in [-0.2, 0) is 11.3 Å². The average molecular weight is 289 g/mol. The number of carbonyl (C=O) groups excluding carboxylic acids is 1. The van der Waals surface area contributed by atoms with Crippen LogP contribution in [0.4, 0.5) is 0 Å². The van der Waals surface area contributed by atoms with Gasteiger partial charge in [0, 0.05) is 37.1 Å². The minimum Gasteiger partial charge on any atom is -0.348 e. The predicted octanol–water partition coefficient (Wildman–Crippen LogP) is 2.27. The van der Waals surface area contributed by atoms with Crippen molar-refractivity contribution in [2.45, 2.75) is 6.54 Å². The maximum absolute atomic E-state index is 11.7. The SMILES string of the molecule is CN(C)C/C=C/C(=O)NCc1ccsc1-n1cccc1. The molecule has 2 aromatic rings. The molecule has 4 nitrogen and oxygen atoms in total. The van der Waals surface area contributed by atoms with Gasteiger partial charge in [-0.15, -0.1) is 11.3 Å². The number of nitrogens with zero attached hydrogens (tertiary/aromatic N) is 2. The number of aromatic nitrogens is 1. The van der Waals surface area contributed by atoms with Crippen LogP contribution < -0.4 is 5.32 Å². The third kappa shape index (κ3) is 4.08. The van der Waals surface area contributed by atoms with E-state index in [2.05, 4.69) is 9.88 Å². The summed E-state index contributed by atoms with van der Waals surface area (Å²) in [5.41, 5.74) is 1.13. The van der Waals surface area contributed by atoms with E-state index in [1.54, 1.807) is 17.4 Å². The lowest BCUT2D eigenvalue weighted by molar-refractivity contribution is -0.116. The summed E-state index contributed by atoms with van der Waals surface area (Å²) in [6.45, 7) is 1.31. The summed E-state index contributed by atoms with van der Waals surface area (Å²) in [5.74, 6) is -0.0588. The van der Waals surface area contributed by atoms with Gasteiger partial charge in [-0.3, -0.25) is 4.79 Å². The van der Waals surface area contributed by atoms with Crippen molar-refractivity contribution in [3.63, 3.8) is 0 Å². The summed E-state index contributed by atoms with van der Waals surface area (Å²) < 4.78 is 2.06. The first kappa shape index (κ1) is 14.6. The minimum absolute atomic E-state index is 0.0588. The Morgan fingerprint density at radius 1 is 1.40 bits per heavy atom. The number of hydrogen-bond acceptors (Lipinski definition) is 3. The Hall–Kier alpha value is -1.85. The topological polar surface area (TPSA) is 37.3 Å². The number of likely N-dealkylation sites (N-methyl/N-ethyl adjacent to an activating group) is 1. The number of hydrogen-bond donors (Lipinski definition) is 1. The Morgan fingerprint density at radius 3 is 2.85 bits per heavy atom. The van der Waals surface area contributed by atoms with Gasteiger partial charge in [-0.05, 0) is 37.7 Å². The average Bonchev–Trinajstić information content (AvgIpc) is 3.06. The molecule has 0 aliphatic rings. The highest BCUT2D eigenvalue weighted by Crippen LogP contribution is 2.21. The van der Waals surface area contributed by atoms with Crippen molar-refractivity contribution >= 4 is 17.2 Å². The Bertz CT molecular complexity index is 570. The van der Waals surface area contributed by atoms with E-state index >= 15 is 0 Å².